The Hall–Kier alpha value is -2.41. The van der Waals surface area contributed by atoms with Crippen LogP contribution in [0.15, 0.2) is 48.7 Å². The molecule has 150 valence electrons. The molecule has 0 unspecified atom stereocenters. The second-order valence-electron chi connectivity index (χ2n) is 7.48. The van der Waals surface area contributed by atoms with Gasteiger partial charge in [0.05, 0.1) is 5.41 Å². The van der Waals surface area contributed by atoms with Crippen molar-refractivity contribution in [1.29, 1.82) is 0 Å². The summed E-state index contributed by atoms with van der Waals surface area (Å²) < 4.78 is 37.9. The molecule has 4 nitrogen and oxygen atoms in total. The van der Waals surface area contributed by atoms with Crippen molar-refractivity contribution in [3.8, 4) is 0 Å². The molecule has 1 saturated heterocycles. The summed E-state index contributed by atoms with van der Waals surface area (Å²) in [5, 5.41) is 2.92. The van der Waals surface area contributed by atoms with Crippen LogP contribution in [-0.4, -0.2) is 35.9 Å². The summed E-state index contributed by atoms with van der Waals surface area (Å²) >= 11 is 0. The van der Waals surface area contributed by atoms with Crippen LogP contribution >= 0.6 is 0 Å². The van der Waals surface area contributed by atoms with E-state index in [2.05, 4.69) is 15.2 Å². The maximum Gasteiger partial charge on any atom is 0.433 e. The number of halogens is 3. The van der Waals surface area contributed by atoms with Gasteiger partial charge in [0.1, 0.15) is 5.69 Å². The molecule has 0 spiro atoms. The van der Waals surface area contributed by atoms with Crippen molar-refractivity contribution in [3.05, 3.63) is 65.5 Å². The molecule has 0 atom stereocenters. The summed E-state index contributed by atoms with van der Waals surface area (Å²) in [6.07, 6.45) is -1.15. The standard InChI is InChI=1S/C21H24F3N3O/c1-27-11-9-20(10-12-27,13-16-5-3-2-4-6-16)19(28)26-15-17-7-8-18(25-14-17)21(22,23)24/h2-8,14H,9-13,15H2,1H3,(H,26,28). The number of alkyl halides is 3. The predicted molar refractivity (Wildman–Crippen MR) is 100 cm³/mol. The highest BCUT2D eigenvalue weighted by Crippen LogP contribution is 2.35. The van der Waals surface area contributed by atoms with Gasteiger partial charge in [-0.25, -0.2) is 0 Å². The topological polar surface area (TPSA) is 45.2 Å². The van der Waals surface area contributed by atoms with Gasteiger partial charge in [-0.15, -0.1) is 0 Å². The van der Waals surface area contributed by atoms with Crippen molar-refractivity contribution in [2.24, 2.45) is 5.41 Å². The number of likely N-dealkylation sites (tertiary alicyclic amines) is 1. The minimum atomic E-state index is -4.46. The smallest absolute Gasteiger partial charge is 0.351 e. The number of hydrogen-bond donors (Lipinski definition) is 1. The van der Waals surface area contributed by atoms with Gasteiger partial charge in [-0.05, 0) is 56.6 Å². The Balaban J connectivity index is 1.69. The van der Waals surface area contributed by atoms with Gasteiger partial charge in [-0.1, -0.05) is 36.4 Å². The molecular weight excluding hydrogens is 367 g/mol. The molecule has 3 rings (SSSR count). The number of benzene rings is 1. The Kier molecular flexibility index (Phi) is 6.03. The zero-order valence-electron chi connectivity index (χ0n) is 15.8. The van der Waals surface area contributed by atoms with E-state index in [4.69, 9.17) is 0 Å². The van der Waals surface area contributed by atoms with E-state index in [1.165, 1.54) is 12.3 Å². The zero-order chi connectivity index (χ0) is 20.2. The summed E-state index contributed by atoms with van der Waals surface area (Å²) in [5.41, 5.74) is 0.216. The van der Waals surface area contributed by atoms with Crippen LogP contribution in [0.4, 0.5) is 13.2 Å². The second-order valence-corrected chi connectivity index (χ2v) is 7.48. The first kappa shape index (κ1) is 20.3. The van der Waals surface area contributed by atoms with E-state index in [9.17, 15) is 18.0 Å². The second kappa shape index (κ2) is 8.31. The van der Waals surface area contributed by atoms with Gasteiger partial charge < -0.3 is 10.2 Å². The first-order valence-corrected chi connectivity index (χ1v) is 9.31. The normalized spacial score (nSPS) is 17.3. The number of nitrogens with one attached hydrogen (secondary N) is 1. The number of nitrogens with zero attached hydrogens (tertiary/aromatic N) is 2. The lowest BCUT2D eigenvalue weighted by atomic mass is 9.73. The number of hydrogen-bond acceptors (Lipinski definition) is 3. The summed E-state index contributed by atoms with van der Waals surface area (Å²) in [4.78, 5) is 18.8. The fourth-order valence-electron chi connectivity index (χ4n) is 3.58. The largest absolute Gasteiger partial charge is 0.433 e. The summed E-state index contributed by atoms with van der Waals surface area (Å²) in [7, 11) is 2.04. The van der Waals surface area contributed by atoms with E-state index in [0.29, 0.717) is 12.0 Å². The Labute approximate surface area is 162 Å². The molecule has 1 aliphatic rings. The molecule has 0 bridgehead atoms. The minimum Gasteiger partial charge on any atom is -0.351 e. The van der Waals surface area contributed by atoms with Gasteiger partial charge >= 0.3 is 6.18 Å². The Morgan fingerprint density at radius 1 is 1.11 bits per heavy atom. The third-order valence-electron chi connectivity index (χ3n) is 5.38. The Morgan fingerprint density at radius 2 is 1.79 bits per heavy atom. The number of rotatable bonds is 5. The van der Waals surface area contributed by atoms with Crippen LogP contribution in [0, 0.1) is 5.41 Å². The van der Waals surface area contributed by atoms with E-state index in [0.717, 1.165) is 37.6 Å². The molecule has 1 aromatic carbocycles. The van der Waals surface area contributed by atoms with Crippen molar-refractivity contribution in [2.75, 3.05) is 20.1 Å². The van der Waals surface area contributed by atoms with E-state index in [-0.39, 0.29) is 12.5 Å². The third kappa shape index (κ3) is 4.90. The highest BCUT2D eigenvalue weighted by atomic mass is 19.4. The van der Waals surface area contributed by atoms with E-state index < -0.39 is 17.3 Å². The molecule has 0 aliphatic carbocycles. The van der Waals surface area contributed by atoms with Crippen LogP contribution in [0.3, 0.4) is 0 Å². The number of pyridine rings is 1. The number of carbonyl (C=O) groups is 1. The minimum absolute atomic E-state index is 0.0515. The van der Waals surface area contributed by atoms with Crippen molar-refractivity contribution in [2.45, 2.75) is 32.0 Å². The molecule has 1 aromatic heterocycles. The first-order valence-electron chi connectivity index (χ1n) is 9.31. The summed E-state index contributed by atoms with van der Waals surface area (Å²) in [5.74, 6) is -0.0515. The Bertz CT molecular complexity index is 783. The fourth-order valence-corrected chi connectivity index (χ4v) is 3.58. The molecule has 1 N–H and O–H groups in total. The SMILES string of the molecule is CN1CCC(Cc2ccccc2)(C(=O)NCc2ccc(C(F)(F)F)nc2)CC1. The predicted octanol–water partition coefficient (Wildman–Crippen LogP) is 3.67. The van der Waals surface area contributed by atoms with Crippen molar-refractivity contribution in [1.82, 2.24) is 15.2 Å². The highest BCUT2D eigenvalue weighted by Gasteiger charge is 2.40. The van der Waals surface area contributed by atoms with Crippen LogP contribution in [-0.2, 0) is 23.9 Å². The quantitative estimate of drug-likeness (QED) is 0.846. The molecule has 2 heterocycles. The lowest BCUT2D eigenvalue weighted by Crippen LogP contribution is -2.49. The Morgan fingerprint density at radius 3 is 2.36 bits per heavy atom. The number of carbonyl (C=O) groups excluding carboxylic acids is 1. The lowest BCUT2D eigenvalue weighted by molar-refractivity contribution is -0.141. The molecule has 1 fully saturated rings. The van der Waals surface area contributed by atoms with Crippen molar-refractivity contribution < 1.29 is 18.0 Å². The maximum absolute atomic E-state index is 13.1. The summed E-state index contributed by atoms with van der Waals surface area (Å²) in [6, 6.07) is 12.2. The van der Waals surface area contributed by atoms with Gasteiger partial charge in [0.2, 0.25) is 5.91 Å². The monoisotopic (exact) mass is 391 g/mol. The molecule has 0 radical (unpaired) electrons. The average Bonchev–Trinajstić information content (AvgIpc) is 2.68. The van der Waals surface area contributed by atoms with Gasteiger partial charge in [0, 0.05) is 12.7 Å². The first-order chi connectivity index (χ1) is 13.3. The maximum atomic E-state index is 13.1. The highest BCUT2D eigenvalue weighted by molar-refractivity contribution is 5.83. The van der Waals surface area contributed by atoms with Gasteiger partial charge in [-0.3, -0.25) is 9.78 Å². The molecule has 1 aliphatic heterocycles. The number of amides is 1. The molecule has 7 heteroatoms. The molecule has 2 aromatic rings. The average molecular weight is 391 g/mol. The van der Waals surface area contributed by atoms with E-state index in [1.54, 1.807) is 0 Å². The number of aromatic nitrogens is 1. The molecule has 1 amide bonds. The lowest BCUT2D eigenvalue weighted by Gasteiger charge is -2.39. The van der Waals surface area contributed by atoms with Gasteiger partial charge in [0.15, 0.2) is 0 Å². The third-order valence-corrected chi connectivity index (χ3v) is 5.38. The summed E-state index contributed by atoms with van der Waals surface area (Å²) in [6.45, 7) is 1.83. The van der Waals surface area contributed by atoms with Crippen molar-refractivity contribution in [3.63, 3.8) is 0 Å². The van der Waals surface area contributed by atoms with E-state index >= 15 is 0 Å². The molecular formula is C21H24F3N3O. The van der Waals surface area contributed by atoms with Crippen LogP contribution in [0.25, 0.3) is 0 Å². The van der Waals surface area contributed by atoms with E-state index in [1.807, 2.05) is 37.4 Å². The van der Waals surface area contributed by atoms with Gasteiger partial charge in [0.25, 0.3) is 0 Å². The zero-order valence-corrected chi connectivity index (χ0v) is 15.8. The van der Waals surface area contributed by atoms with Gasteiger partial charge in [-0.2, -0.15) is 13.2 Å². The van der Waals surface area contributed by atoms with Crippen LogP contribution < -0.4 is 5.32 Å². The van der Waals surface area contributed by atoms with Crippen LogP contribution in [0.1, 0.15) is 29.7 Å². The number of piperidine rings is 1. The molecule has 28 heavy (non-hydrogen) atoms. The van der Waals surface area contributed by atoms with Crippen LogP contribution in [0.5, 0.6) is 0 Å². The fraction of sp³-hybridized carbons (Fsp3) is 0.429. The molecule has 0 saturated carbocycles. The van der Waals surface area contributed by atoms with Crippen LogP contribution in [0.2, 0.25) is 0 Å². The van der Waals surface area contributed by atoms with Crippen molar-refractivity contribution >= 4 is 5.91 Å².